The van der Waals surface area contributed by atoms with Gasteiger partial charge in [0.15, 0.2) is 0 Å². The van der Waals surface area contributed by atoms with E-state index in [0.29, 0.717) is 6.10 Å². The number of epoxide rings is 1. The summed E-state index contributed by atoms with van der Waals surface area (Å²) in [4.78, 5) is 0. The van der Waals surface area contributed by atoms with Crippen molar-refractivity contribution in [3.8, 4) is 0 Å². The van der Waals surface area contributed by atoms with E-state index in [1.165, 1.54) is 0 Å². The molecule has 0 saturated carbocycles. The fourth-order valence-electron chi connectivity index (χ4n) is 1.06. The summed E-state index contributed by atoms with van der Waals surface area (Å²) in [7, 11) is -1.80. The van der Waals surface area contributed by atoms with Crippen molar-refractivity contribution >= 4 is 8.56 Å². The van der Waals surface area contributed by atoms with Crippen molar-refractivity contribution in [2.45, 2.75) is 32.5 Å². The molecular formula is C8H18O3Si. The Balaban J connectivity index is 2.01. The van der Waals surface area contributed by atoms with Crippen LogP contribution in [-0.2, 0) is 13.6 Å². The predicted molar refractivity (Wildman–Crippen MR) is 49.4 cm³/mol. The Morgan fingerprint density at radius 3 is 2.58 bits per heavy atom. The first-order chi connectivity index (χ1) is 5.64. The summed E-state index contributed by atoms with van der Waals surface area (Å²) in [6.45, 7) is 8.60. The second-order valence-electron chi connectivity index (χ2n) is 3.43. The molecule has 0 aromatic heterocycles. The van der Waals surface area contributed by atoms with Crippen LogP contribution in [0.25, 0.3) is 0 Å². The molecule has 3 nitrogen and oxygen atoms in total. The maximum Gasteiger partial charge on any atom is 0.331 e. The Morgan fingerprint density at radius 2 is 2.08 bits per heavy atom. The molecule has 0 aromatic rings. The van der Waals surface area contributed by atoms with Gasteiger partial charge < -0.3 is 13.6 Å². The fraction of sp³-hybridized carbons (Fsp3) is 1.00. The van der Waals surface area contributed by atoms with Crippen molar-refractivity contribution < 1.29 is 13.6 Å². The predicted octanol–water partition coefficient (Wildman–Crippen LogP) is 1.53. The summed E-state index contributed by atoms with van der Waals surface area (Å²) in [5.41, 5.74) is 0. The number of hydrogen-bond donors (Lipinski definition) is 0. The minimum absolute atomic E-state index is 0.469. The molecule has 4 heteroatoms. The lowest BCUT2D eigenvalue weighted by Crippen LogP contribution is -2.35. The zero-order chi connectivity index (χ0) is 9.03. The Hall–Kier alpha value is 0.0969. The number of rotatable bonds is 6. The molecule has 12 heavy (non-hydrogen) atoms. The standard InChI is InChI=1S/C8H18O3Si/c1-4-10-12(2,3)11-6-5-8-7-9-8/h8H,4-7H2,1-3H3. The summed E-state index contributed by atoms with van der Waals surface area (Å²) in [6, 6.07) is 0. The first kappa shape index (κ1) is 10.2. The highest BCUT2D eigenvalue weighted by molar-refractivity contribution is 6.64. The molecule has 0 N–H and O–H groups in total. The largest absolute Gasteiger partial charge is 0.395 e. The highest BCUT2D eigenvalue weighted by Crippen LogP contribution is 2.15. The molecule has 0 aliphatic carbocycles. The van der Waals surface area contributed by atoms with Gasteiger partial charge in [-0.3, -0.25) is 0 Å². The zero-order valence-corrected chi connectivity index (χ0v) is 9.13. The molecule has 1 saturated heterocycles. The summed E-state index contributed by atoms with van der Waals surface area (Å²) in [5.74, 6) is 0. The van der Waals surface area contributed by atoms with Gasteiger partial charge in [-0.05, 0) is 26.4 Å². The second kappa shape index (κ2) is 4.37. The van der Waals surface area contributed by atoms with Crippen LogP contribution < -0.4 is 0 Å². The van der Waals surface area contributed by atoms with E-state index in [1.54, 1.807) is 0 Å². The SMILES string of the molecule is CCO[Si](C)(C)OCCC1CO1. The zero-order valence-electron chi connectivity index (χ0n) is 8.13. The molecule has 1 aliphatic rings. The summed E-state index contributed by atoms with van der Waals surface area (Å²) >= 11 is 0. The van der Waals surface area contributed by atoms with Crippen molar-refractivity contribution in [3.63, 3.8) is 0 Å². The van der Waals surface area contributed by atoms with E-state index in [0.717, 1.165) is 26.2 Å². The normalized spacial score (nSPS) is 22.8. The van der Waals surface area contributed by atoms with Gasteiger partial charge in [-0.25, -0.2) is 0 Å². The van der Waals surface area contributed by atoms with E-state index in [9.17, 15) is 0 Å². The fourth-order valence-corrected chi connectivity index (χ4v) is 2.45. The van der Waals surface area contributed by atoms with Gasteiger partial charge in [-0.2, -0.15) is 0 Å². The topological polar surface area (TPSA) is 31.0 Å². The Labute approximate surface area is 75.3 Å². The quantitative estimate of drug-likeness (QED) is 0.470. The minimum Gasteiger partial charge on any atom is -0.395 e. The molecular weight excluding hydrogens is 172 g/mol. The van der Waals surface area contributed by atoms with Gasteiger partial charge in [0, 0.05) is 13.2 Å². The van der Waals surface area contributed by atoms with Crippen LogP contribution in [0.1, 0.15) is 13.3 Å². The van der Waals surface area contributed by atoms with Crippen LogP contribution in [0.3, 0.4) is 0 Å². The number of hydrogen-bond acceptors (Lipinski definition) is 3. The van der Waals surface area contributed by atoms with Crippen LogP contribution in [0.5, 0.6) is 0 Å². The van der Waals surface area contributed by atoms with Crippen LogP contribution in [0.4, 0.5) is 0 Å². The van der Waals surface area contributed by atoms with Crippen LogP contribution in [0.2, 0.25) is 13.1 Å². The molecule has 0 bridgehead atoms. The van der Waals surface area contributed by atoms with Crippen LogP contribution >= 0.6 is 0 Å². The molecule has 1 aliphatic heterocycles. The van der Waals surface area contributed by atoms with Gasteiger partial charge in [0.2, 0.25) is 0 Å². The first-order valence-electron chi connectivity index (χ1n) is 4.53. The number of ether oxygens (including phenoxy) is 1. The summed E-state index contributed by atoms with van der Waals surface area (Å²) in [6.07, 6.45) is 1.49. The monoisotopic (exact) mass is 190 g/mol. The molecule has 1 rings (SSSR count). The maximum absolute atomic E-state index is 5.66. The van der Waals surface area contributed by atoms with E-state index in [-0.39, 0.29) is 0 Å². The van der Waals surface area contributed by atoms with Gasteiger partial charge in [0.25, 0.3) is 0 Å². The van der Waals surface area contributed by atoms with Crippen molar-refractivity contribution in [2.24, 2.45) is 0 Å². The van der Waals surface area contributed by atoms with Crippen molar-refractivity contribution in [3.05, 3.63) is 0 Å². The van der Waals surface area contributed by atoms with E-state index < -0.39 is 8.56 Å². The Bertz CT molecular complexity index is 134. The molecule has 72 valence electrons. The highest BCUT2D eigenvalue weighted by Gasteiger charge is 2.26. The summed E-state index contributed by atoms with van der Waals surface area (Å²) < 4.78 is 16.2. The molecule has 0 aromatic carbocycles. The van der Waals surface area contributed by atoms with E-state index in [1.807, 2.05) is 6.92 Å². The molecule has 1 atom stereocenters. The van der Waals surface area contributed by atoms with Gasteiger partial charge in [-0.15, -0.1) is 0 Å². The van der Waals surface area contributed by atoms with Crippen LogP contribution in [-0.4, -0.2) is 34.5 Å². The summed E-state index contributed by atoms with van der Waals surface area (Å²) in [5, 5.41) is 0. The van der Waals surface area contributed by atoms with E-state index in [2.05, 4.69) is 13.1 Å². The Kier molecular flexibility index (Phi) is 3.70. The van der Waals surface area contributed by atoms with Crippen LogP contribution in [0.15, 0.2) is 0 Å². The lowest BCUT2D eigenvalue weighted by molar-refractivity contribution is 0.179. The highest BCUT2D eigenvalue weighted by atomic mass is 28.4. The van der Waals surface area contributed by atoms with E-state index >= 15 is 0 Å². The molecule has 0 spiro atoms. The van der Waals surface area contributed by atoms with Crippen molar-refractivity contribution in [1.29, 1.82) is 0 Å². The minimum atomic E-state index is -1.80. The smallest absolute Gasteiger partial charge is 0.331 e. The average molecular weight is 190 g/mol. The maximum atomic E-state index is 5.66. The lowest BCUT2D eigenvalue weighted by atomic mass is 10.4. The van der Waals surface area contributed by atoms with Gasteiger partial charge in [-0.1, -0.05) is 0 Å². The van der Waals surface area contributed by atoms with Gasteiger partial charge in [0.1, 0.15) is 0 Å². The third-order valence-electron chi connectivity index (χ3n) is 1.78. The average Bonchev–Trinajstić information content (AvgIpc) is 2.70. The molecule has 1 unspecified atom stereocenters. The molecule has 0 radical (unpaired) electrons. The Morgan fingerprint density at radius 1 is 1.42 bits per heavy atom. The van der Waals surface area contributed by atoms with Gasteiger partial charge >= 0.3 is 8.56 Å². The van der Waals surface area contributed by atoms with Gasteiger partial charge in [0.05, 0.1) is 12.7 Å². The molecule has 1 heterocycles. The first-order valence-corrected chi connectivity index (χ1v) is 7.35. The molecule has 0 amide bonds. The second-order valence-corrected chi connectivity index (χ2v) is 6.80. The third kappa shape index (κ3) is 4.20. The van der Waals surface area contributed by atoms with Crippen LogP contribution in [0, 0.1) is 0 Å². The third-order valence-corrected chi connectivity index (χ3v) is 3.67. The van der Waals surface area contributed by atoms with Crippen molar-refractivity contribution in [2.75, 3.05) is 19.8 Å². The lowest BCUT2D eigenvalue weighted by Gasteiger charge is -2.21. The van der Waals surface area contributed by atoms with Crippen molar-refractivity contribution in [1.82, 2.24) is 0 Å². The van der Waals surface area contributed by atoms with E-state index in [4.69, 9.17) is 13.6 Å². The molecule has 1 fully saturated rings.